The zero-order valence-corrected chi connectivity index (χ0v) is 12.6. The fourth-order valence-electron chi connectivity index (χ4n) is 4.45. The van der Waals surface area contributed by atoms with Gasteiger partial charge in [0.15, 0.2) is 0 Å². The summed E-state index contributed by atoms with van der Waals surface area (Å²) in [6.45, 7) is 0. The van der Waals surface area contributed by atoms with E-state index in [1.165, 1.54) is 29.2 Å². The first-order chi connectivity index (χ1) is 10.4. The minimum atomic E-state index is -3.78. The highest BCUT2D eigenvalue weighted by atomic mass is 32.2. The van der Waals surface area contributed by atoms with Crippen molar-refractivity contribution in [1.29, 1.82) is 0 Å². The highest BCUT2D eigenvalue weighted by Gasteiger charge is 2.61. The zero-order chi connectivity index (χ0) is 15.6. The van der Waals surface area contributed by atoms with E-state index in [2.05, 4.69) is 0 Å². The van der Waals surface area contributed by atoms with Crippen LogP contribution in [0.4, 0.5) is 5.69 Å². The lowest BCUT2D eigenvalue weighted by atomic mass is 9.81. The van der Waals surface area contributed by atoms with Crippen molar-refractivity contribution in [2.45, 2.75) is 24.2 Å². The van der Waals surface area contributed by atoms with Crippen LogP contribution in [0, 0.1) is 23.7 Å². The molecule has 7 heteroatoms. The molecule has 116 valence electrons. The van der Waals surface area contributed by atoms with E-state index in [9.17, 15) is 18.0 Å². The van der Waals surface area contributed by atoms with E-state index in [0.29, 0.717) is 17.5 Å². The molecule has 1 heterocycles. The number of hydrogen-bond donors (Lipinski definition) is 1. The molecule has 4 atom stereocenters. The van der Waals surface area contributed by atoms with Crippen molar-refractivity contribution >= 4 is 27.5 Å². The monoisotopic (exact) mass is 320 g/mol. The summed E-state index contributed by atoms with van der Waals surface area (Å²) in [5.41, 5.74) is 0.427. The van der Waals surface area contributed by atoms with Crippen molar-refractivity contribution in [3.63, 3.8) is 0 Å². The lowest BCUT2D eigenvalue weighted by molar-refractivity contribution is -0.123. The predicted molar refractivity (Wildman–Crippen MR) is 78.1 cm³/mol. The van der Waals surface area contributed by atoms with Gasteiger partial charge in [-0.25, -0.2) is 13.6 Å². The Morgan fingerprint density at radius 2 is 1.45 bits per heavy atom. The smallest absolute Gasteiger partial charge is 0.238 e. The molecule has 2 N–H and O–H groups in total. The highest BCUT2D eigenvalue weighted by molar-refractivity contribution is 7.89. The minimum absolute atomic E-state index is 0.0318. The Bertz CT molecular complexity index is 743. The molecule has 6 nitrogen and oxygen atoms in total. The lowest BCUT2D eigenvalue weighted by Gasteiger charge is -2.19. The first kappa shape index (κ1) is 13.9. The van der Waals surface area contributed by atoms with Crippen molar-refractivity contribution < 1.29 is 18.0 Å². The number of amides is 2. The number of primary sulfonamides is 1. The van der Waals surface area contributed by atoms with Crippen molar-refractivity contribution in [3.8, 4) is 0 Å². The maximum Gasteiger partial charge on any atom is 0.238 e. The zero-order valence-electron chi connectivity index (χ0n) is 11.8. The van der Waals surface area contributed by atoms with E-state index < -0.39 is 10.0 Å². The molecule has 2 aliphatic carbocycles. The van der Waals surface area contributed by atoms with E-state index in [4.69, 9.17) is 5.14 Å². The second-order valence-electron chi connectivity index (χ2n) is 6.44. The van der Waals surface area contributed by atoms with Crippen molar-refractivity contribution in [2.75, 3.05) is 4.90 Å². The third kappa shape index (κ3) is 1.78. The summed E-state index contributed by atoms with van der Waals surface area (Å²) in [5, 5.41) is 5.06. The molecule has 2 bridgehead atoms. The minimum Gasteiger partial charge on any atom is -0.274 e. The molecule has 1 aromatic carbocycles. The molecule has 1 saturated heterocycles. The summed E-state index contributed by atoms with van der Waals surface area (Å²) < 4.78 is 22.6. The summed E-state index contributed by atoms with van der Waals surface area (Å²) in [4.78, 5) is 26.5. The Morgan fingerprint density at radius 3 is 1.91 bits per heavy atom. The molecule has 4 rings (SSSR count). The maximum atomic E-state index is 12.6. The number of imide groups is 1. The first-order valence-electron chi connectivity index (χ1n) is 7.38. The van der Waals surface area contributed by atoms with Gasteiger partial charge in [-0.05, 0) is 55.4 Å². The van der Waals surface area contributed by atoms with Gasteiger partial charge in [-0.2, -0.15) is 0 Å². The topological polar surface area (TPSA) is 97.5 Å². The van der Waals surface area contributed by atoms with Crippen LogP contribution >= 0.6 is 0 Å². The number of carbonyl (C=O) groups is 2. The predicted octanol–water partition coefficient (Wildman–Crippen LogP) is 0.869. The Kier molecular flexibility index (Phi) is 2.77. The molecule has 3 aliphatic rings. The number of hydrogen-bond acceptors (Lipinski definition) is 4. The summed E-state index contributed by atoms with van der Waals surface area (Å²) in [6.07, 6.45) is 3.05. The molecule has 0 aromatic heterocycles. The third-order valence-electron chi connectivity index (χ3n) is 5.35. The molecular weight excluding hydrogens is 304 g/mol. The van der Waals surface area contributed by atoms with Gasteiger partial charge in [0.25, 0.3) is 0 Å². The van der Waals surface area contributed by atoms with E-state index in [1.807, 2.05) is 0 Å². The Balaban J connectivity index is 1.69. The normalized spacial score (nSPS) is 33.6. The molecule has 2 saturated carbocycles. The lowest BCUT2D eigenvalue weighted by Crippen LogP contribution is -2.32. The van der Waals surface area contributed by atoms with Crippen LogP contribution in [-0.2, 0) is 19.6 Å². The fraction of sp³-hybridized carbons (Fsp3) is 0.467. The first-order valence-corrected chi connectivity index (χ1v) is 8.93. The molecular formula is C15H16N2O4S. The summed E-state index contributed by atoms with van der Waals surface area (Å²) >= 11 is 0. The molecule has 2 amide bonds. The Hall–Kier alpha value is -1.73. The van der Waals surface area contributed by atoms with Gasteiger partial charge in [0.2, 0.25) is 21.8 Å². The van der Waals surface area contributed by atoms with Gasteiger partial charge < -0.3 is 0 Å². The quantitative estimate of drug-likeness (QED) is 0.818. The average molecular weight is 320 g/mol. The van der Waals surface area contributed by atoms with Crippen LogP contribution in [0.1, 0.15) is 19.3 Å². The van der Waals surface area contributed by atoms with Gasteiger partial charge in [-0.1, -0.05) is 0 Å². The van der Waals surface area contributed by atoms with E-state index in [-0.39, 0.29) is 28.5 Å². The maximum absolute atomic E-state index is 12.6. The number of benzene rings is 1. The van der Waals surface area contributed by atoms with Crippen molar-refractivity contribution in [3.05, 3.63) is 24.3 Å². The number of anilines is 1. The largest absolute Gasteiger partial charge is 0.274 e. The molecule has 1 aliphatic heterocycles. The summed E-state index contributed by atoms with van der Waals surface area (Å²) in [6, 6.07) is 5.60. The second kappa shape index (κ2) is 4.39. The molecule has 0 spiro atoms. The Labute approximate surface area is 128 Å². The fourth-order valence-corrected chi connectivity index (χ4v) is 4.96. The average Bonchev–Trinajstić information content (AvgIpc) is 3.12. The molecule has 0 unspecified atom stereocenters. The molecule has 0 radical (unpaired) electrons. The number of carbonyl (C=O) groups excluding carboxylic acids is 2. The molecule has 1 aromatic rings. The second-order valence-corrected chi connectivity index (χ2v) is 8.00. The molecule has 22 heavy (non-hydrogen) atoms. The van der Waals surface area contributed by atoms with Gasteiger partial charge in [0, 0.05) is 0 Å². The van der Waals surface area contributed by atoms with Crippen LogP contribution in [0.2, 0.25) is 0 Å². The third-order valence-corrected chi connectivity index (χ3v) is 6.28. The van der Waals surface area contributed by atoms with Crippen molar-refractivity contribution in [1.82, 2.24) is 0 Å². The van der Waals surface area contributed by atoms with Gasteiger partial charge in [0.1, 0.15) is 0 Å². The van der Waals surface area contributed by atoms with Crippen LogP contribution in [0.15, 0.2) is 29.2 Å². The van der Waals surface area contributed by atoms with E-state index in [1.54, 1.807) is 0 Å². The number of nitrogens with two attached hydrogens (primary N) is 1. The van der Waals surface area contributed by atoms with E-state index in [0.717, 1.165) is 19.3 Å². The number of rotatable bonds is 2. The summed E-state index contributed by atoms with van der Waals surface area (Å²) in [5.74, 6) is 0.0460. The SMILES string of the molecule is NS(=O)(=O)c1ccc(N2C(=O)[C@@H]3[C@@H]4CC[C@@H](C4)[C@@H]3C2=O)cc1. The number of fused-ring (bicyclic) bond motifs is 5. The Morgan fingerprint density at radius 1 is 0.955 bits per heavy atom. The van der Waals surface area contributed by atoms with Gasteiger partial charge in [-0.3, -0.25) is 14.5 Å². The highest BCUT2D eigenvalue weighted by Crippen LogP contribution is 2.56. The number of sulfonamides is 1. The van der Waals surface area contributed by atoms with Crippen LogP contribution in [-0.4, -0.2) is 20.2 Å². The van der Waals surface area contributed by atoms with Crippen LogP contribution in [0.5, 0.6) is 0 Å². The van der Waals surface area contributed by atoms with Crippen LogP contribution in [0.25, 0.3) is 0 Å². The summed E-state index contributed by atoms with van der Waals surface area (Å²) in [7, 11) is -3.78. The molecule has 3 fully saturated rings. The van der Waals surface area contributed by atoms with Gasteiger partial charge >= 0.3 is 0 Å². The van der Waals surface area contributed by atoms with E-state index >= 15 is 0 Å². The van der Waals surface area contributed by atoms with Gasteiger partial charge in [-0.15, -0.1) is 0 Å². The standard InChI is InChI=1S/C15H16N2O4S/c16-22(20,21)11-5-3-10(4-6-11)17-14(18)12-8-1-2-9(7-8)13(12)15(17)19/h3-6,8-9,12-13H,1-2,7H2,(H2,16,20,21)/t8-,9+,12-,13+. The van der Waals surface area contributed by atoms with Crippen LogP contribution in [0.3, 0.4) is 0 Å². The van der Waals surface area contributed by atoms with Crippen LogP contribution < -0.4 is 10.0 Å². The van der Waals surface area contributed by atoms with Gasteiger partial charge in [0.05, 0.1) is 22.4 Å². The number of nitrogens with zero attached hydrogens (tertiary/aromatic N) is 1. The van der Waals surface area contributed by atoms with Crippen molar-refractivity contribution in [2.24, 2.45) is 28.8 Å².